The zero-order chi connectivity index (χ0) is 25.9. The Morgan fingerprint density at radius 2 is 1.82 bits per heavy atom. The summed E-state index contributed by atoms with van der Waals surface area (Å²) in [6, 6.07) is 12.5. The molecule has 3 aliphatic heterocycles. The summed E-state index contributed by atoms with van der Waals surface area (Å²) in [5.41, 5.74) is 8.85. The molecule has 2 N–H and O–H groups in total. The number of carbonyl (C=O) groups is 1. The number of carbonyl (C=O) groups excluding carboxylic acids is 1. The number of nitrogens with zero attached hydrogens (tertiary/aromatic N) is 4. The summed E-state index contributed by atoms with van der Waals surface area (Å²) in [6.45, 7) is 8.10. The molecule has 0 spiro atoms. The molecule has 5 heterocycles. The highest BCUT2D eigenvalue weighted by Crippen LogP contribution is 2.37. The van der Waals surface area contributed by atoms with E-state index in [1.165, 1.54) is 31.4 Å². The molecule has 0 unspecified atom stereocenters. The minimum absolute atomic E-state index is 0.0840. The quantitative estimate of drug-likeness (QED) is 0.435. The van der Waals surface area contributed by atoms with Gasteiger partial charge in [0.1, 0.15) is 0 Å². The van der Waals surface area contributed by atoms with Crippen LogP contribution in [0.5, 0.6) is 0 Å². The van der Waals surface area contributed by atoms with Crippen LogP contribution in [0, 0.1) is 0 Å². The number of aromatic nitrogens is 2. The Labute approximate surface area is 225 Å². The van der Waals surface area contributed by atoms with E-state index in [0.717, 1.165) is 84.0 Å². The number of nitrogens with one attached hydrogen (secondary N) is 2. The molecule has 0 radical (unpaired) electrons. The lowest BCUT2D eigenvalue weighted by Crippen LogP contribution is -2.36. The third-order valence-electron chi connectivity index (χ3n) is 7.98. The second-order valence-electron chi connectivity index (χ2n) is 10.5. The first-order chi connectivity index (χ1) is 18.7. The Hall–Kier alpha value is -3.71. The van der Waals surface area contributed by atoms with Gasteiger partial charge in [-0.1, -0.05) is 13.0 Å². The first-order valence-electron chi connectivity index (χ1n) is 14.0. The average Bonchev–Trinajstić information content (AvgIpc) is 2.95. The molecule has 2 saturated heterocycles. The number of fused-ring (bicyclic) bond motifs is 1. The fourth-order valence-electron chi connectivity index (χ4n) is 5.62. The van der Waals surface area contributed by atoms with Gasteiger partial charge in [-0.05, 0) is 86.7 Å². The maximum Gasteiger partial charge on any atom is 0.256 e. The summed E-state index contributed by atoms with van der Waals surface area (Å²) in [7, 11) is 0. The first kappa shape index (κ1) is 24.6. The Kier molecular flexibility index (Phi) is 7.10. The molecule has 3 aromatic rings. The molecule has 196 valence electrons. The smallest absolute Gasteiger partial charge is 0.256 e. The van der Waals surface area contributed by atoms with E-state index < -0.39 is 0 Å². The largest absolute Gasteiger partial charge is 0.381 e. The van der Waals surface area contributed by atoms with Crippen LogP contribution in [-0.2, 0) is 11.3 Å². The lowest BCUT2D eigenvalue weighted by Gasteiger charge is -2.30. The average molecular weight is 509 g/mol. The summed E-state index contributed by atoms with van der Waals surface area (Å²) >= 11 is 0. The summed E-state index contributed by atoms with van der Waals surface area (Å²) in [6.07, 6.45) is 11.5. The van der Waals surface area contributed by atoms with E-state index in [2.05, 4.69) is 61.6 Å². The van der Waals surface area contributed by atoms with E-state index in [-0.39, 0.29) is 5.91 Å². The topological polar surface area (TPSA) is 73.4 Å². The molecular weight excluding hydrogens is 472 g/mol. The molecule has 0 saturated carbocycles. The van der Waals surface area contributed by atoms with Crippen molar-refractivity contribution >= 4 is 28.5 Å². The molecule has 1 amide bonds. The number of amides is 1. The Morgan fingerprint density at radius 3 is 2.55 bits per heavy atom. The molecule has 3 aliphatic rings. The molecule has 2 fully saturated rings. The van der Waals surface area contributed by atoms with Gasteiger partial charge in [0.25, 0.3) is 5.91 Å². The van der Waals surface area contributed by atoms with Gasteiger partial charge >= 0.3 is 0 Å². The van der Waals surface area contributed by atoms with Gasteiger partial charge in [0.2, 0.25) is 0 Å². The molecular formula is C31H36N6O. The number of benzene rings is 1. The van der Waals surface area contributed by atoms with E-state index in [1.54, 1.807) is 6.20 Å². The zero-order valence-electron chi connectivity index (χ0n) is 22.2. The molecule has 0 bridgehead atoms. The van der Waals surface area contributed by atoms with Gasteiger partial charge in [0, 0.05) is 54.8 Å². The van der Waals surface area contributed by atoms with Crippen molar-refractivity contribution in [2.75, 3.05) is 48.3 Å². The molecule has 7 nitrogen and oxygen atoms in total. The molecule has 7 heteroatoms. The van der Waals surface area contributed by atoms with E-state index in [4.69, 9.17) is 0 Å². The van der Waals surface area contributed by atoms with Crippen molar-refractivity contribution in [2.45, 2.75) is 45.6 Å². The standard InChI is InChI=1S/C31H36N6O/c1-2-22-18-34-29-10-7-23(24-15-27(20-32-17-24)37-13-4-3-5-14-37)16-28(29)30(22)31(38)35-25-8-9-26(33-19-25)21-36-11-6-12-36/h7-10,15-17,19-20,34H,2-6,11-14,18,21H2,1H3,(H,35,38). The monoisotopic (exact) mass is 508 g/mol. The van der Waals surface area contributed by atoms with Gasteiger partial charge in [0.15, 0.2) is 0 Å². The maximum atomic E-state index is 13.7. The van der Waals surface area contributed by atoms with Crippen LogP contribution >= 0.6 is 0 Å². The second-order valence-corrected chi connectivity index (χ2v) is 10.5. The summed E-state index contributed by atoms with van der Waals surface area (Å²) < 4.78 is 0. The van der Waals surface area contributed by atoms with Gasteiger partial charge in [-0.2, -0.15) is 0 Å². The Bertz CT molecular complexity index is 1340. The predicted octanol–water partition coefficient (Wildman–Crippen LogP) is 5.57. The summed E-state index contributed by atoms with van der Waals surface area (Å²) in [4.78, 5) is 27.6. The van der Waals surface area contributed by atoms with Crippen molar-refractivity contribution < 1.29 is 4.79 Å². The van der Waals surface area contributed by atoms with Crippen molar-refractivity contribution in [2.24, 2.45) is 0 Å². The van der Waals surface area contributed by atoms with E-state index in [9.17, 15) is 4.79 Å². The normalized spacial score (nSPS) is 17.4. The van der Waals surface area contributed by atoms with E-state index in [1.807, 2.05) is 24.5 Å². The number of likely N-dealkylation sites (tertiary alicyclic amines) is 1. The van der Waals surface area contributed by atoms with Gasteiger partial charge in [0.05, 0.1) is 29.5 Å². The number of pyridine rings is 2. The molecule has 2 aromatic heterocycles. The van der Waals surface area contributed by atoms with Crippen molar-refractivity contribution in [1.82, 2.24) is 14.9 Å². The molecule has 0 atom stereocenters. The van der Waals surface area contributed by atoms with Crippen molar-refractivity contribution in [3.63, 3.8) is 0 Å². The minimum atomic E-state index is -0.0840. The third-order valence-corrected chi connectivity index (χ3v) is 7.98. The fourth-order valence-corrected chi connectivity index (χ4v) is 5.62. The van der Waals surface area contributed by atoms with E-state index >= 15 is 0 Å². The van der Waals surface area contributed by atoms with Crippen LogP contribution in [0.2, 0.25) is 0 Å². The Morgan fingerprint density at radius 1 is 0.947 bits per heavy atom. The van der Waals surface area contributed by atoms with Crippen LogP contribution in [0.15, 0.2) is 60.6 Å². The third kappa shape index (κ3) is 5.16. The fraction of sp³-hybridized carbons (Fsp3) is 0.387. The first-order valence-corrected chi connectivity index (χ1v) is 14.0. The highest BCUT2D eigenvalue weighted by Gasteiger charge is 2.25. The SMILES string of the molecule is CCC1=C(C(=O)Nc2ccc(CN3CCC3)nc2)c2cc(-c3cncc(N4CCCCC4)c3)ccc2NC1. The number of anilines is 3. The van der Waals surface area contributed by atoms with Crippen molar-refractivity contribution in [1.29, 1.82) is 0 Å². The maximum absolute atomic E-state index is 13.7. The van der Waals surface area contributed by atoms with Crippen LogP contribution < -0.4 is 15.5 Å². The lowest BCUT2D eigenvalue weighted by atomic mass is 9.90. The Balaban J connectivity index is 1.26. The summed E-state index contributed by atoms with van der Waals surface area (Å²) in [5.74, 6) is -0.0840. The second kappa shape index (κ2) is 11.0. The van der Waals surface area contributed by atoms with Crippen LogP contribution in [0.25, 0.3) is 16.7 Å². The van der Waals surface area contributed by atoms with E-state index in [0.29, 0.717) is 6.54 Å². The molecule has 0 aliphatic carbocycles. The highest BCUT2D eigenvalue weighted by molar-refractivity contribution is 6.28. The van der Waals surface area contributed by atoms with Crippen LogP contribution in [0.3, 0.4) is 0 Å². The minimum Gasteiger partial charge on any atom is -0.381 e. The highest BCUT2D eigenvalue weighted by atomic mass is 16.1. The number of hydrogen-bond donors (Lipinski definition) is 2. The van der Waals surface area contributed by atoms with Gasteiger partial charge in [-0.15, -0.1) is 0 Å². The predicted molar refractivity (Wildman–Crippen MR) is 154 cm³/mol. The lowest BCUT2D eigenvalue weighted by molar-refractivity contribution is -0.111. The van der Waals surface area contributed by atoms with Crippen molar-refractivity contribution in [3.05, 3.63) is 71.8 Å². The number of hydrogen-bond acceptors (Lipinski definition) is 6. The van der Waals surface area contributed by atoms with Crippen LogP contribution in [-0.4, -0.2) is 53.5 Å². The molecule has 6 rings (SSSR count). The number of rotatable bonds is 7. The van der Waals surface area contributed by atoms with Crippen molar-refractivity contribution in [3.8, 4) is 11.1 Å². The van der Waals surface area contributed by atoms with Crippen LogP contribution in [0.1, 0.15) is 50.3 Å². The zero-order valence-corrected chi connectivity index (χ0v) is 22.2. The van der Waals surface area contributed by atoms with Gasteiger partial charge in [-0.3, -0.25) is 19.7 Å². The van der Waals surface area contributed by atoms with Gasteiger partial charge in [-0.25, -0.2) is 0 Å². The molecule has 1 aromatic carbocycles. The van der Waals surface area contributed by atoms with Crippen LogP contribution in [0.4, 0.5) is 17.1 Å². The summed E-state index contributed by atoms with van der Waals surface area (Å²) in [5, 5.41) is 6.63. The number of piperidine rings is 1. The molecule has 38 heavy (non-hydrogen) atoms. The van der Waals surface area contributed by atoms with Gasteiger partial charge < -0.3 is 15.5 Å².